The highest BCUT2D eigenvalue weighted by Crippen LogP contribution is 2.39. The number of fused-ring (bicyclic) bond motifs is 1. The first-order valence-corrected chi connectivity index (χ1v) is 9.66. The Morgan fingerprint density at radius 2 is 1.71 bits per heavy atom. The SMILES string of the molecule is CCOc1cccc2cc(C(O)(Cc3ccccc3)c3ccc(Cl)cc3)oc12. The van der Waals surface area contributed by atoms with Crippen molar-refractivity contribution in [2.24, 2.45) is 0 Å². The molecule has 28 heavy (non-hydrogen) atoms. The highest BCUT2D eigenvalue weighted by Gasteiger charge is 2.36. The Balaban J connectivity index is 1.86. The van der Waals surface area contributed by atoms with Crippen molar-refractivity contribution in [2.75, 3.05) is 6.61 Å². The van der Waals surface area contributed by atoms with Gasteiger partial charge in [0.05, 0.1) is 6.61 Å². The maximum atomic E-state index is 11.8. The summed E-state index contributed by atoms with van der Waals surface area (Å²) in [5, 5.41) is 13.4. The molecule has 142 valence electrons. The lowest BCUT2D eigenvalue weighted by Gasteiger charge is -2.27. The maximum absolute atomic E-state index is 11.8. The van der Waals surface area contributed by atoms with Crippen molar-refractivity contribution in [2.45, 2.75) is 18.9 Å². The van der Waals surface area contributed by atoms with Crippen LogP contribution in [0.4, 0.5) is 0 Å². The average molecular weight is 393 g/mol. The summed E-state index contributed by atoms with van der Waals surface area (Å²) in [7, 11) is 0. The van der Waals surface area contributed by atoms with E-state index in [1.165, 1.54) is 0 Å². The molecular weight excluding hydrogens is 372 g/mol. The summed E-state index contributed by atoms with van der Waals surface area (Å²) >= 11 is 6.07. The highest BCUT2D eigenvalue weighted by atomic mass is 35.5. The quantitative estimate of drug-likeness (QED) is 0.440. The monoisotopic (exact) mass is 392 g/mol. The van der Waals surface area contributed by atoms with Gasteiger partial charge in [-0.1, -0.05) is 66.2 Å². The van der Waals surface area contributed by atoms with E-state index in [-0.39, 0.29) is 0 Å². The first-order valence-electron chi connectivity index (χ1n) is 9.28. The van der Waals surface area contributed by atoms with Gasteiger partial charge in [-0.2, -0.15) is 0 Å². The number of para-hydroxylation sites is 1. The highest BCUT2D eigenvalue weighted by molar-refractivity contribution is 6.30. The molecule has 0 aliphatic rings. The summed E-state index contributed by atoms with van der Waals surface area (Å²) in [6.07, 6.45) is 0.374. The van der Waals surface area contributed by atoms with Gasteiger partial charge in [-0.25, -0.2) is 0 Å². The summed E-state index contributed by atoms with van der Waals surface area (Å²) in [5.41, 5.74) is 1.03. The molecule has 0 aliphatic carbocycles. The lowest BCUT2D eigenvalue weighted by molar-refractivity contribution is 0.0586. The predicted octanol–water partition coefficient (Wildman–Crippen LogP) is 5.96. The van der Waals surface area contributed by atoms with E-state index in [0.717, 1.165) is 16.5 Å². The first kappa shape index (κ1) is 18.6. The molecule has 3 aromatic carbocycles. The van der Waals surface area contributed by atoms with Gasteiger partial charge in [0.1, 0.15) is 5.76 Å². The van der Waals surface area contributed by atoms with Crippen LogP contribution in [0, 0.1) is 0 Å². The lowest BCUT2D eigenvalue weighted by Crippen LogP contribution is -2.29. The van der Waals surface area contributed by atoms with Crippen molar-refractivity contribution in [1.29, 1.82) is 0 Å². The Hall–Kier alpha value is -2.75. The maximum Gasteiger partial charge on any atom is 0.176 e. The van der Waals surface area contributed by atoms with Gasteiger partial charge in [0, 0.05) is 16.8 Å². The van der Waals surface area contributed by atoms with E-state index < -0.39 is 5.60 Å². The number of furan rings is 1. The third kappa shape index (κ3) is 3.51. The number of hydrogen-bond donors (Lipinski definition) is 1. The standard InChI is InChI=1S/C24H21ClO3/c1-2-27-21-10-6-9-18-15-22(28-23(18)21)24(26,16-17-7-4-3-5-8-17)19-11-13-20(25)14-12-19/h3-15,26H,2,16H2,1H3. The van der Waals surface area contributed by atoms with E-state index >= 15 is 0 Å². The van der Waals surface area contributed by atoms with E-state index in [4.69, 9.17) is 20.8 Å². The van der Waals surface area contributed by atoms with Crippen LogP contribution in [-0.4, -0.2) is 11.7 Å². The van der Waals surface area contributed by atoms with Gasteiger partial charge in [-0.15, -0.1) is 0 Å². The predicted molar refractivity (Wildman–Crippen MR) is 112 cm³/mol. The van der Waals surface area contributed by atoms with E-state index in [1.807, 2.05) is 73.7 Å². The van der Waals surface area contributed by atoms with Gasteiger partial charge in [-0.3, -0.25) is 0 Å². The molecule has 0 bridgehead atoms. The van der Waals surface area contributed by atoms with Crippen LogP contribution in [0.3, 0.4) is 0 Å². The molecule has 0 amide bonds. The van der Waals surface area contributed by atoms with Crippen LogP contribution in [0.2, 0.25) is 5.02 Å². The number of ether oxygens (including phenoxy) is 1. The van der Waals surface area contributed by atoms with Crippen molar-refractivity contribution in [3.05, 3.63) is 101 Å². The Morgan fingerprint density at radius 1 is 0.964 bits per heavy atom. The van der Waals surface area contributed by atoms with Gasteiger partial charge < -0.3 is 14.3 Å². The Bertz CT molecular complexity index is 1070. The number of halogens is 1. The minimum absolute atomic E-state index is 0.374. The molecular formula is C24H21ClO3. The average Bonchev–Trinajstić information content (AvgIpc) is 3.15. The molecule has 0 radical (unpaired) electrons. The molecule has 1 unspecified atom stereocenters. The Labute approximate surface area is 169 Å². The molecule has 4 heteroatoms. The molecule has 1 heterocycles. The van der Waals surface area contributed by atoms with Crippen LogP contribution in [0.25, 0.3) is 11.0 Å². The number of rotatable bonds is 6. The van der Waals surface area contributed by atoms with Crippen LogP contribution in [0.5, 0.6) is 5.75 Å². The second-order valence-electron chi connectivity index (χ2n) is 6.75. The second-order valence-corrected chi connectivity index (χ2v) is 7.18. The number of aliphatic hydroxyl groups is 1. The van der Waals surface area contributed by atoms with Crippen molar-refractivity contribution in [3.8, 4) is 5.75 Å². The van der Waals surface area contributed by atoms with Crippen LogP contribution in [0.1, 0.15) is 23.8 Å². The van der Waals surface area contributed by atoms with E-state index in [9.17, 15) is 5.11 Å². The first-order chi connectivity index (χ1) is 13.6. The van der Waals surface area contributed by atoms with Crippen molar-refractivity contribution in [3.63, 3.8) is 0 Å². The molecule has 0 aliphatic heterocycles. The normalized spacial score (nSPS) is 13.4. The fourth-order valence-corrected chi connectivity index (χ4v) is 3.58. The van der Waals surface area contributed by atoms with Crippen molar-refractivity contribution >= 4 is 22.6 Å². The van der Waals surface area contributed by atoms with E-state index in [1.54, 1.807) is 12.1 Å². The van der Waals surface area contributed by atoms with Gasteiger partial charge >= 0.3 is 0 Å². The fraction of sp³-hybridized carbons (Fsp3) is 0.167. The number of hydrogen-bond acceptors (Lipinski definition) is 3. The van der Waals surface area contributed by atoms with Gasteiger partial charge in [-0.05, 0) is 42.3 Å². The summed E-state index contributed by atoms with van der Waals surface area (Å²) < 4.78 is 11.9. The third-order valence-electron chi connectivity index (χ3n) is 4.84. The zero-order valence-electron chi connectivity index (χ0n) is 15.6. The molecule has 3 nitrogen and oxygen atoms in total. The molecule has 0 spiro atoms. The van der Waals surface area contributed by atoms with E-state index in [0.29, 0.717) is 35.1 Å². The smallest absolute Gasteiger partial charge is 0.176 e. The van der Waals surface area contributed by atoms with E-state index in [2.05, 4.69) is 0 Å². The summed E-state index contributed by atoms with van der Waals surface area (Å²) in [6, 6.07) is 24.7. The van der Waals surface area contributed by atoms with Crippen LogP contribution in [0.15, 0.2) is 83.3 Å². The second kappa shape index (κ2) is 7.70. The minimum Gasteiger partial charge on any atom is -0.490 e. The zero-order valence-corrected chi connectivity index (χ0v) is 16.3. The topological polar surface area (TPSA) is 42.6 Å². The van der Waals surface area contributed by atoms with Gasteiger partial charge in [0.25, 0.3) is 0 Å². The molecule has 1 aromatic heterocycles. The molecule has 1 N–H and O–H groups in total. The van der Waals surface area contributed by atoms with Gasteiger partial charge in [0.15, 0.2) is 16.9 Å². The Morgan fingerprint density at radius 3 is 2.43 bits per heavy atom. The summed E-state index contributed by atoms with van der Waals surface area (Å²) in [4.78, 5) is 0. The minimum atomic E-state index is -1.34. The zero-order chi connectivity index (χ0) is 19.6. The lowest BCUT2D eigenvalue weighted by atomic mass is 9.85. The molecule has 0 saturated carbocycles. The van der Waals surface area contributed by atoms with Crippen molar-refractivity contribution in [1.82, 2.24) is 0 Å². The molecule has 0 saturated heterocycles. The molecule has 0 fully saturated rings. The Kier molecular flexibility index (Phi) is 5.12. The molecule has 4 aromatic rings. The summed E-state index contributed by atoms with van der Waals surface area (Å²) in [5.74, 6) is 1.14. The van der Waals surface area contributed by atoms with Crippen molar-refractivity contribution < 1.29 is 14.3 Å². The molecule has 4 rings (SSSR count). The van der Waals surface area contributed by atoms with Gasteiger partial charge in [0.2, 0.25) is 0 Å². The van der Waals surface area contributed by atoms with Crippen LogP contribution >= 0.6 is 11.6 Å². The molecule has 1 atom stereocenters. The summed E-state index contributed by atoms with van der Waals surface area (Å²) in [6.45, 7) is 2.47. The largest absolute Gasteiger partial charge is 0.490 e. The van der Waals surface area contributed by atoms with Crippen LogP contribution in [-0.2, 0) is 12.0 Å². The number of benzene rings is 3. The fourth-order valence-electron chi connectivity index (χ4n) is 3.46. The third-order valence-corrected chi connectivity index (χ3v) is 5.09. The van der Waals surface area contributed by atoms with Crippen LogP contribution < -0.4 is 4.74 Å².